The van der Waals surface area contributed by atoms with E-state index in [4.69, 9.17) is 4.74 Å². The molecular weight excluding hydrogens is 316 g/mol. The van der Waals surface area contributed by atoms with Crippen LogP contribution in [0, 0.1) is 0 Å². The van der Waals surface area contributed by atoms with Crippen LogP contribution in [-0.2, 0) is 10.0 Å². The van der Waals surface area contributed by atoms with E-state index in [1.54, 1.807) is 43.5 Å². The number of amides is 1. The first-order valence-corrected chi connectivity index (χ1v) is 8.26. The Kier molecular flexibility index (Phi) is 5.02. The van der Waals surface area contributed by atoms with Crippen LogP contribution >= 0.6 is 0 Å². The van der Waals surface area contributed by atoms with Crippen molar-refractivity contribution in [3.63, 3.8) is 0 Å². The van der Waals surface area contributed by atoms with Gasteiger partial charge in [0.15, 0.2) is 0 Å². The molecule has 0 aliphatic heterocycles. The maximum atomic E-state index is 12.3. The number of hydrogen-bond acceptors (Lipinski definition) is 4. The summed E-state index contributed by atoms with van der Waals surface area (Å²) >= 11 is 0. The average Bonchev–Trinajstić information content (AvgIpc) is 2.55. The second kappa shape index (κ2) is 6.80. The topological polar surface area (TPSA) is 75.7 Å². The molecule has 0 aliphatic rings. The van der Waals surface area contributed by atoms with Gasteiger partial charge in [-0.2, -0.15) is 0 Å². The lowest BCUT2D eigenvalue weighted by molar-refractivity contribution is 0.102. The molecule has 2 aromatic rings. The Labute approximate surface area is 135 Å². The lowest BCUT2D eigenvalue weighted by Gasteiger charge is -2.12. The first-order chi connectivity index (χ1) is 10.8. The molecule has 0 heterocycles. The number of nitrogens with zero attached hydrogens (tertiary/aromatic N) is 1. The molecule has 0 saturated carbocycles. The molecule has 0 saturated heterocycles. The number of rotatable bonds is 5. The van der Waals surface area contributed by atoms with E-state index >= 15 is 0 Å². The zero-order valence-corrected chi connectivity index (χ0v) is 13.9. The van der Waals surface area contributed by atoms with Crippen molar-refractivity contribution in [1.82, 2.24) is 4.31 Å². The molecule has 2 rings (SSSR count). The zero-order chi connectivity index (χ0) is 17.0. The molecular formula is C16H18N2O4S. The van der Waals surface area contributed by atoms with Gasteiger partial charge in [0, 0.05) is 25.3 Å². The Hall–Kier alpha value is -2.38. The molecule has 0 fully saturated rings. The summed E-state index contributed by atoms with van der Waals surface area (Å²) in [5.41, 5.74) is 0.861. The predicted octanol–water partition coefficient (Wildman–Crippen LogP) is 2.20. The zero-order valence-electron chi connectivity index (χ0n) is 13.1. The number of hydrogen-bond donors (Lipinski definition) is 1. The summed E-state index contributed by atoms with van der Waals surface area (Å²) in [5, 5.41) is 2.71. The van der Waals surface area contributed by atoms with Crippen LogP contribution in [0.3, 0.4) is 0 Å². The highest BCUT2D eigenvalue weighted by Crippen LogP contribution is 2.18. The monoisotopic (exact) mass is 334 g/mol. The van der Waals surface area contributed by atoms with E-state index < -0.39 is 10.0 Å². The highest BCUT2D eigenvalue weighted by atomic mass is 32.2. The number of sulfonamides is 1. The van der Waals surface area contributed by atoms with Gasteiger partial charge in [0.25, 0.3) is 5.91 Å². The van der Waals surface area contributed by atoms with Crippen molar-refractivity contribution in [2.45, 2.75) is 4.90 Å². The maximum Gasteiger partial charge on any atom is 0.255 e. The minimum atomic E-state index is -3.58. The van der Waals surface area contributed by atoms with Crippen molar-refractivity contribution < 1.29 is 17.9 Å². The van der Waals surface area contributed by atoms with Gasteiger partial charge in [0.05, 0.1) is 12.0 Å². The Bertz CT molecular complexity index is 799. The normalized spacial score (nSPS) is 11.3. The van der Waals surface area contributed by atoms with E-state index in [1.165, 1.54) is 26.2 Å². The van der Waals surface area contributed by atoms with Gasteiger partial charge in [0.2, 0.25) is 10.0 Å². The molecule has 1 amide bonds. The van der Waals surface area contributed by atoms with Crippen LogP contribution in [-0.4, -0.2) is 39.8 Å². The van der Waals surface area contributed by atoms with Gasteiger partial charge in [-0.3, -0.25) is 4.79 Å². The van der Waals surface area contributed by atoms with Crippen molar-refractivity contribution in [3.05, 3.63) is 54.1 Å². The summed E-state index contributed by atoms with van der Waals surface area (Å²) in [6, 6.07) is 12.8. The first-order valence-electron chi connectivity index (χ1n) is 6.82. The molecule has 0 unspecified atom stereocenters. The largest absolute Gasteiger partial charge is 0.497 e. The lowest BCUT2D eigenvalue weighted by atomic mass is 10.2. The van der Waals surface area contributed by atoms with Gasteiger partial charge in [-0.1, -0.05) is 6.07 Å². The third-order valence-corrected chi connectivity index (χ3v) is 5.03. The van der Waals surface area contributed by atoms with Crippen LogP contribution in [0.25, 0.3) is 0 Å². The third kappa shape index (κ3) is 3.88. The SMILES string of the molecule is COc1ccc(NC(=O)c2cccc(S(=O)(=O)N(C)C)c2)cc1. The van der Waals surface area contributed by atoms with Gasteiger partial charge < -0.3 is 10.1 Å². The number of ether oxygens (including phenoxy) is 1. The minimum Gasteiger partial charge on any atom is -0.497 e. The molecule has 0 radical (unpaired) electrons. The van der Waals surface area contributed by atoms with Crippen LogP contribution < -0.4 is 10.1 Å². The standard InChI is InChI=1S/C16H18N2O4S/c1-18(2)23(20,21)15-6-4-5-12(11-15)16(19)17-13-7-9-14(22-3)10-8-13/h4-11H,1-3H3,(H,17,19). The van der Waals surface area contributed by atoms with Crippen molar-refractivity contribution in [2.24, 2.45) is 0 Å². The van der Waals surface area contributed by atoms with Crippen molar-refractivity contribution in [1.29, 1.82) is 0 Å². The van der Waals surface area contributed by atoms with Crippen LogP contribution in [0.5, 0.6) is 5.75 Å². The fourth-order valence-electron chi connectivity index (χ4n) is 1.89. The van der Waals surface area contributed by atoms with Crippen LogP contribution in [0.2, 0.25) is 0 Å². The number of benzene rings is 2. The van der Waals surface area contributed by atoms with E-state index in [-0.39, 0.29) is 16.4 Å². The molecule has 2 aromatic carbocycles. The maximum absolute atomic E-state index is 12.3. The molecule has 0 atom stereocenters. The number of carbonyl (C=O) groups excluding carboxylic acids is 1. The summed E-state index contributed by atoms with van der Waals surface area (Å²) in [5.74, 6) is 0.299. The third-order valence-electron chi connectivity index (χ3n) is 3.22. The Morgan fingerprint density at radius 2 is 1.74 bits per heavy atom. The lowest BCUT2D eigenvalue weighted by Crippen LogP contribution is -2.22. The smallest absolute Gasteiger partial charge is 0.255 e. The summed E-state index contributed by atoms with van der Waals surface area (Å²) in [6.07, 6.45) is 0. The van der Waals surface area contributed by atoms with Gasteiger partial charge in [0.1, 0.15) is 5.75 Å². The highest BCUT2D eigenvalue weighted by molar-refractivity contribution is 7.89. The summed E-state index contributed by atoms with van der Waals surface area (Å²) in [7, 11) is 0.870. The number of anilines is 1. The molecule has 0 bridgehead atoms. The second-order valence-electron chi connectivity index (χ2n) is 5.00. The Morgan fingerprint density at radius 3 is 2.30 bits per heavy atom. The van der Waals surface area contributed by atoms with Gasteiger partial charge in [-0.25, -0.2) is 12.7 Å². The van der Waals surface area contributed by atoms with E-state index in [0.29, 0.717) is 11.4 Å². The summed E-state index contributed by atoms with van der Waals surface area (Å²) < 4.78 is 30.4. The molecule has 0 spiro atoms. The van der Waals surface area contributed by atoms with Crippen molar-refractivity contribution in [3.8, 4) is 5.75 Å². The van der Waals surface area contributed by atoms with Gasteiger partial charge in [-0.15, -0.1) is 0 Å². The summed E-state index contributed by atoms with van der Waals surface area (Å²) in [4.78, 5) is 12.3. The van der Waals surface area contributed by atoms with Gasteiger partial charge >= 0.3 is 0 Å². The van der Waals surface area contributed by atoms with Crippen molar-refractivity contribution in [2.75, 3.05) is 26.5 Å². The van der Waals surface area contributed by atoms with Crippen LogP contribution in [0.1, 0.15) is 10.4 Å². The van der Waals surface area contributed by atoms with Gasteiger partial charge in [-0.05, 0) is 42.5 Å². The van der Waals surface area contributed by atoms with E-state index in [0.717, 1.165) is 4.31 Å². The number of methoxy groups -OCH3 is 1. The fraction of sp³-hybridized carbons (Fsp3) is 0.188. The molecule has 122 valence electrons. The number of nitrogens with one attached hydrogen (secondary N) is 1. The highest BCUT2D eigenvalue weighted by Gasteiger charge is 2.18. The van der Waals surface area contributed by atoms with E-state index in [2.05, 4.69) is 5.32 Å². The Balaban J connectivity index is 2.23. The molecule has 7 heteroatoms. The predicted molar refractivity (Wildman–Crippen MR) is 88.3 cm³/mol. The molecule has 6 nitrogen and oxygen atoms in total. The Morgan fingerprint density at radius 1 is 1.09 bits per heavy atom. The van der Waals surface area contributed by atoms with Crippen LogP contribution in [0.15, 0.2) is 53.4 Å². The summed E-state index contributed by atoms with van der Waals surface area (Å²) in [6.45, 7) is 0. The molecule has 23 heavy (non-hydrogen) atoms. The van der Waals surface area contributed by atoms with E-state index in [9.17, 15) is 13.2 Å². The molecule has 1 N–H and O–H groups in total. The number of carbonyl (C=O) groups is 1. The fourth-order valence-corrected chi connectivity index (χ4v) is 2.83. The first kappa shape index (κ1) is 17.0. The average molecular weight is 334 g/mol. The molecule has 0 aromatic heterocycles. The minimum absolute atomic E-state index is 0.0740. The van der Waals surface area contributed by atoms with E-state index in [1.807, 2.05) is 0 Å². The quantitative estimate of drug-likeness (QED) is 0.909. The molecule has 0 aliphatic carbocycles. The second-order valence-corrected chi connectivity index (χ2v) is 7.15. The van der Waals surface area contributed by atoms with Crippen LogP contribution in [0.4, 0.5) is 5.69 Å². The van der Waals surface area contributed by atoms with Crippen molar-refractivity contribution >= 4 is 21.6 Å².